The molecule has 98 valence electrons. The molecule has 0 heterocycles. The van der Waals surface area contributed by atoms with Crippen molar-refractivity contribution in [3.63, 3.8) is 0 Å². The molecular formula is C12H16N2O4. The number of carboxylic acid groups (broad SMARTS) is 1. The predicted octanol–water partition coefficient (Wildman–Crippen LogP) is 2.51. The van der Waals surface area contributed by atoms with Crippen LogP contribution in [0.15, 0.2) is 24.3 Å². The highest BCUT2D eigenvalue weighted by Gasteiger charge is 2.11. The topological polar surface area (TPSA) is 92.5 Å². The van der Waals surface area contributed by atoms with E-state index in [0.717, 1.165) is 6.42 Å². The van der Waals surface area contributed by atoms with E-state index >= 15 is 0 Å². The van der Waals surface area contributed by atoms with Crippen LogP contribution >= 0.6 is 0 Å². The second kappa shape index (κ2) is 6.58. The van der Waals surface area contributed by atoms with Gasteiger partial charge in [-0.3, -0.25) is 14.9 Å². The predicted molar refractivity (Wildman–Crippen MR) is 67.6 cm³/mol. The summed E-state index contributed by atoms with van der Waals surface area (Å²) in [7, 11) is 0. The molecule has 1 aromatic carbocycles. The molecule has 2 N–H and O–H groups in total. The number of aliphatic carboxylic acids is 1. The van der Waals surface area contributed by atoms with Crippen LogP contribution in [0.25, 0.3) is 0 Å². The molecule has 0 aliphatic heterocycles. The first kappa shape index (κ1) is 14.0. The van der Waals surface area contributed by atoms with Crippen molar-refractivity contribution in [2.24, 2.45) is 5.92 Å². The normalized spacial score (nSPS) is 11.8. The van der Waals surface area contributed by atoms with Crippen molar-refractivity contribution >= 4 is 17.3 Å². The molecule has 0 amide bonds. The lowest BCUT2D eigenvalue weighted by Gasteiger charge is -2.14. The summed E-state index contributed by atoms with van der Waals surface area (Å²) in [5.74, 6) is -0.815. The molecule has 18 heavy (non-hydrogen) atoms. The minimum Gasteiger partial charge on any atom is -0.481 e. The first-order chi connectivity index (χ1) is 8.52. The molecule has 0 spiro atoms. The minimum atomic E-state index is -0.831. The zero-order valence-corrected chi connectivity index (χ0v) is 10.1. The number of nitro groups is 1. The van der Waals surface area contributed by atoms with Gasteiger partial charge in [0.15, 0.2) is 0 Å². The van der Waals surface area contributed by atoms with Crippen LogP contribution in [-0.2, 0) is 4.79 Å². The van der Waals surface area contributed by atoms with Gasteiger partial charge in [-0.05, 0) is 12.0 Å². The lowest BCUT2D eigenvalue weighted by atomic mass is 10.0. The summed E-state index contributed by atoms with van der Waals surface area (Å²) in [5.41, 5.74) is 0.652. The number of nitrogens with zero attached hydrogens (tertiary/aromatic N) is 1. The average Bonchev–Trinajstić information content (AvgIpc) is 2.34. The summed E-state index contributed by atoms with van der Waals surface area (Å²) in [6, 6.07) is 6.17. The molecule has 1 aromatic rings. The van der Waals surface area contributed by atoms with Crippen molar-refractivity contribution in [2.75, 3.05) is 11.9 Å². The highest BCUT2D eigenvalue weighted by molar-refractivity contribution is 5.67. The highest BCUT2D eigenvalue weighted by atomic mass is 16.6. The minimum absolute atomic E-state index is 0.0155. The summed E-state index contributed by atoms with van der Waals surface area (Å²) >= 11 is 0. The Morgan fingerprint density at radius 1 is 1.56 bits per heavy atom. The van der Waals surface area contributed by atoms with E-state index in [9.17, 15) is 14.9 Å². The lowest BCUT2D eigenvalue weighted by molar-refractivity contribution is -0.384. The third kappa shape index (κ3) is 4.40. The summed E-state index contributed by atoms with van der Waals surface area (Å²) in [4.78, 5) is 20.7. The van der Waals surface area contributed by atoms with Crippen LogP contribution in [0.3, 0.4) is 0 Å². The largest absolute Gasteiger partial charge is 0.481 e. The molecule has 0 aliphatic rings. The van der Waals surface area contributed by atoms with Crippen molar-refractivity contribution < 1.29 is 14.8 Å². The van der Waals surface area contributed by atoms with E-state index in [4.69, 9.17) is 5.11 Å². The Hall–Kier alpha value is -2.11. The molecule has 0 aromatic heterocycles. The van der Waals surface area contributed by atoms with Gasteiger partial charge < -0.3 is 10.4 Å². The first-order valence-electron chi connectivity index (χ1n) is 5.73. The fourth-order valence-corrected chi connectivity index (χ4v) is 1.60. The molecule has 6 nitrogen and oxygen atoms in total. The molecule has 0 bridgehead atoms. The molecule has 1 atom stereocenters. The van der Waals surface area contributed by atoms with E-state index in [1.54, 1.807) is 12.1 Å². The number of anilines is 1. The van der Waals surface area contributed by atoms with Crippen LogP contribution in [0.4, 0.5) is 11.4 Å². The number of benzene rings is 1. The number of nitrogens with one attached hydrogen (secondary N) is 1. The van der Waals surface area contributed by atoms with Gasteiger partial charge in [0.05, 0.1) is 4.92 Å². The Kier molecular flexibility index (Phi) is 5.10. The summed E-state index contributed by atoms with van der Waals surface area (Å²) in [6.45, 7) is 2.41. The van der Waals surface area contributed by atoms with E-state index in [0.29, 0.717) is 12.2 Å². The Morgan fingerprint density at radius 2 is 2.28 bits per heavy atom. The summed E-state index contributed by atoms with van der Waals surface area (Å²) in [5, 5.41) is 22.3. The first-order valence-corrected chi connectivity index (χ1v) is 5.73. The van der Waals surface area contributed by atoms with Gasteiger partial charge in [0.25, 0.3) is 5.69 Å². The molecule has 1 unspecified atom stereocenters. The molecule has 0 radical (unpaired) electrons. The molecule has 0 aliphatic carbocycles. The van der Waals surface area contributed by atoms with Gasteiger partial charge in [-0.2, -0.15) is 0 Å². The van der Waals surface area contributed by atoms with Crippen LogP contribution in [0, 0.1) is 16.0 Å². The number of hydrogen-bond acceptors (Lipinski definition) is 4. The summed E-state index contributed by atoms with van der Waals surface area (Å²) in [6.07, 6.45) is 0.840. The van der Waals surface area contributed by atoms with E-state index in [1.165, 1.54) is 12.1 Å². The molecule has 1 rings (SSSR count). The third-order valence-electron chi connectivity index (χ3n) is 2.69. The van der Waals surface area contributed by atoms with Crippen molar-refractivity contribution in [3.05, 3.63) is 34.4 Å². The Bertz CT molecular complexity index is 434. The van der Waals surface area contributed by atoms with Crippen molar-refractivity contribution in [2.45, 2.75) is 19.8 Å². The second-order valence-corrected chi connectivity index (χ2v) is 4.06. The van der Waals surface area contributed by atoms with Gasteiger partial charge in [0, 0.05) is 30.8 Å². The SMILES string of the molecule is CCC(CNc1cccc([N+](=O)[O-])c1)CC(=O)O. The number of non-ortho nitro benzene ring substituents is 1. The molecule has 0 fully saturated rings. The molecule has 0 saturated heterocycles. The van der Waals surface area contributed by atoms with E-state index in [-0.39, 0.29) is 18.0 Å². The zero-order valence-electron chi connectivity index (χ0n) is 10.1. The highest BCUT2D eigenvalue weighted by Crippen LogP contribution is 2.18. The number of carbonyl (C=O) groups is 1. The standard InChI is InChI=1S/C12H16N2O4/c1-2-9(6-12(15)16)8-13-10-4-3-5-11(7-10)14(17)18/h3-5,7,9,13H,2,6,8H2,1H3,(H,15,16). The Labute approximate surface area is 105 Å². The van der Waals surface area contributed by atoms with Gasteiger partial charge in [-0.25, -0.2) is 0 Å². The monoisotopic (exact) mass is 252 g/mol. The smallest absolute Gasteiger partial charge is 0.303 e. The van der Waals surface area contributed by atoms with Crippen LogP contribution in [0.2, 0.25) is 0 Å². The zero-order chi connectivity index (χ0) is 13.5. The maximum absolute atomic E-state index is 10.6. The van der Waals surface area contributed by atoms with Crippen molar-refractivity contribution in [1.82, 2.24) is 0 Å². The molecular weight excluding hydrogens is 236 g/mol. The van der Waals surface area contributed by atoms with Crippen molar-refractivity contribution in [1.29, 1.82) is 0 Å². The quantitative estimate of drug-likeness (QED) is 0.574. The average molecular weight is 252 g/mol. The van der Waals surface area contributed by atoms with Gasteiger partial charge in [-0.1, -0.05) is 19.4 Å². The van der Waals surface area contributed by atoms with Crippen molar-refractivity contribution in [3.8, 4) is 0 Å². The van der Waals surface area contributed by atoms with Crippen LogP contribution < -0.4 is 5.32 Å². The van der Waals surface area contributed by atoms with Gasteiger partial charge in [-0.15, -0.1) is 0 Å². The molecule has 0 saturated carbocycles. The fourth-order valence-electron chi connectivity index (χ4n) is 1.60. The van der Waals surface area contributed by atoms with E-state index < -0.39 is 10.9 Å². The maximum atomic E-state index is 10.6. The van der Waals surface area contributed by atoms with Crippen LogP contribution in [0.5, 0.6) is 0 Å². The fraction of sp³-hybridized carbons (Fsp3) is 0.417. The Morgan fingerprint density at radius 3 is 2.83 bits per heavy atom. The number of nitro benzene ring substituents is 1. The Balaban J connectivity index is 2.59. The summed E-state index contributed by atoms with van der Waals surface area (Å²) < 4.78 is 0. The van der Waals surface area contributed by atoms with E-state index in [2.05, 4.69) is 5.32 Å². The van der Waals surface area contributed by atoms with Gasteiger partial charge >= 0.3 is 5.97 Å². The van der Waals surface area contributed by atoms with Gasteiger partial charge in [0.1, 0.15) is 0 Å². The van der Waals surface area contributed by atoms with Crippen LogP contribution in [-0.4, -0.2) is 22.5 Å². The number of hydrogen-bond donors (Lipinski definition) is 2. The van der Waals surface area contributed by atoms with Gasteiger partial charge in [0.2, 0.25) is 0 Å². The lowest BCUT2D eigenvalue weighted by Crippen LogP contribution is -2.17. The molecule has 6 heteroatoms. The van der Waals surface area contributed by atoms with Crippen LogP contribution in [0.1, 0.15) is 19.8 Å². The second-order valence-electron chi connectivity index (χ2n) is 4.06. The number of rotatable bonds is 7. The van der Waals surface area contributed by atoms with E-state index in [1.807, 2.05) is 6.92 Å². The third-order valence-corrected chi connectivity index (χ3v) is 2.69. The number of carboxylic acids is 1. The maximum Gasteiger partial charge on any atom is 0.303 e.